The first-order valence-electron chi connectivity index (χ1n) is 7.77. The van der Waals surface area contributed by atoms with Gasteiger partial charge in [-0.15, -0.1) is 0 Å². The van der Waals surface area contributed by atoms with E-state index >= 15 is 0 Å². The molecule has 0 spiro atoms. The van der Waals surface area contributed by atoms with Crippen LogP contribution < -0.4 is 0 Å². The highest BCUT2D eigenvalue weighted by atomic mass is 16.6. The standard InChI is InChI=1S/C16H20N4O4/c1-4-24-15(21)8-5-12-10-19(18-16(12)11(2)3)14-7-6-13(9-17-14)20(22)23/h6-7,9-11H,4-5,8H2,1-3H3. The van der Waals surface area contributed by atoms with Crippen molar-refractivity contribution < 1.29 is 14.5 Å². The van der Waals surface area contributed by atoms with Crippen LogP contribution in [0.25, 0.3) is 5.82 Å². The lowest BCUT2D eigenvalue weighted by Crippen LogP contribution is -2.06. The molecule has 0 aliphatic heterocycles. The van der Waals surface area contributed by atoms with Crippen LogP contribution in [0.5, 0.6) is 0 Å². The van der Waals surface area contributed by atoms with Crippen LogP contribution in [0, 0.1) is 10.1 Å². The third-order valence-corrected chi connectivity index (χ3v) is 3.45. The van der Waals surface area contributed by atoms with Crippen molar-refractivity contribution in [3.63, 3.8) is 0 Å². The van der Waals surface area contributed by atoms with Crippen LogP contribution in [0.2, 0.25) is 0 Å². The molecule has 2 heterocycles. The van der Waals surface area contributed by atoms with Crippen LogP contribution >= 0.6 is 0 Å². The van der Waals surface area contributed by atoms with E-state index in [1.807, 2.05) is 20.0 Å². The van der Waals surface area contributed by atoms with Crippen LogP contribution in [0.15, 0.2) is 24.5 Å². The van der Waals surface area contributed by atoms with Crippen LogP contribution in [0.1, 0.15) is 44.4 Å². The Bertz CT molecular complexity index is 722. The zero-order valence-corrected chi connectivity index (χ0v) is 13.9. The van der Waals surface area contributed by atoms with Crippen molar-refractivity contribution in [2.75, 3.05) is 6.61 Å². The normalized spacial score (nSPS) is 10.8. The van der Waals surface area contributed by atoms with Gasteiger partial charge < -0.3 is 4.74 Å². The monoisotopic (exact) mass is 332 g/mol. The van der Waals surface area contributed by atoms with Gasteiger partial charge in [-0.3, -0.25) is 14.9 Å². The summed E-state index contributed by atoms with van der Waals surface area (Å²) in [5.41, 5.74) is 1.75. The van der Waals surface area contributed by atoms with Crippen molar-refractivity contribution in [1.29, 1.82) is 0 Å². The second-order valence-corrected chi connectivity index (χ2v) is 5.58. The molecule has 0 saturated carbocycles. The Morgan fingerprint density at radius 3 is 2.71 bits per heavy atom. The lowest BCUT2D eigenvalue weighted by atomic mass is 10.0. The van der Waals surface area contributed by atoms with Crippen LogP contribution in [-0.2, 0) is 16.0 Å². The number of carbonyl (C=O) groups is 1. The van der Waals surface area contributed by atoms with E-state index in [1.54, 1.807) is 17.7 Å². The van der Waals surface area contributed by atoms with E-state index in [9.17, 15) is 14.9 Å². The lowest BCUT2D eigenvalue weighted by Gasteiger charge is -2.04. The molecule has 2 aromatic heterocycles. The van der Waals surface area contributed by atoms with Crippen molar-refractivity contribution in [1.82, 2.24) is 14.8 Å². The molecule has 0 aliphatic rings. The van der Waals surface area contributed by atoms with E-state index < -0.39 is 4.92 Å². The number of nitrogens with zero attached hydrogens (tertiary/aromatic N) is 4. The molecule has 0 N–H and O–H groups in total. The molecule has 0 aromatic carbocycles. The van der Waals surface area contributed by atoms with Crippen molar-refractivity contribution in [2.45, 2.75) is 39.5 Å². The van der Waals surface area contributed by atoms with Gasteiger partial charge in [0, 0.05) is 18.7 Å². The van der Waals surface area contributed by atoms with Gasteiger partial charge in [0.1, 0.15) is 6.20 Å². The third-order valence-electron chi connectivity index (χ3n) is 3.45. The Morgan fingerprint density at radius 1 is 1.42 bits per heavy atom. The van der Waals surface area contributed by atoms with Gasteiger partial charge in [-0.1, -0.05) is 13.8 Å². The molecule has 0 radical (unpaired) electrons. The van der Waals surface area contributed by atoms with Crippen LogP contribution in [0.4, 0.5) is 5.69 Å². The number of aryl methyl sites for hydroxylation is 1. The molecule has 0 atom stereocenters. The molecule has 0 unspecified atom stereocenters. The number of carbonyl (C=O) groups excluding carboxylic acids is 1. The second-order valence-electron chi connectivity index (χ2n) is 5.58. The minimum atomic E-state index is -0.496. The average Bonchev–Trinajstić information content (AvgIpc) is 2.98. The van der Waals surface area contributed by atoms with Gasteiger partial charge in [0.05, 0.1) is 17.2 Å². The Labute approximate surface area is 139 Å². The first-order valence-corrected chi connectivity index (χ1v) is 7.77. The Balaban J connectivity index is 2.23. The average molecular weight is 332 g/mol. The minimum absolute atomic E-state index is 0.0717. The fraction of sp³-hybridized carbons (Fsp3) is 0.438. The van der Waals surface area contributed by atoms with Gasteiger partial charge in [0.15, 0.2) is 5.82 Å². The summed E-state index contributed by atoms with van der Waals surface area (Å²) in [7, 11) is 0. The Morgan fingerprint density at radius 2 is 2.17 bits per heavy atom. The number of pyridine rings is 1. The summed E-state index contributed by atoms with van der Waals surface area (Å²) in [6, 6.07) is 2.93. The Kier molecular flexibility index (Phi) is 5.62. The molecule has 2 rings (SSSR count). The zero-order chi connectivity index (χ0) is 17.7. The lowest BCUT2D eigenvalue weighted by molar-refractivity contribution is -0.385. The van der Waals surface area contributed by atoms with E-state index in [0.717, 1.165) is 11.3 Å². The van der Waals surface area contributed by atoms with Gasteiger partial charge in [-0.2, -0.15) is 5.10 Å². The maximum atomic E-state index is 11.6. The molecular formula is C16H20N4O4. The van der Waals surface area contributed by atoms with Gasteiger partial charge >= 0.3 is 5.97 Å². The Hall–Kier alpha value is -2.77. The highest BCUT2D eigenvalue weighted by Gasteiger charge is 2.16. The molecular weight excluding hydrogens is 312 g/mol. The summed E-state index contributed by atoms with van der Waals surface area (Å²) in [6.07, 6.45) is 3.82. The van der Waals surface area contributed by atoms with Gasteiger partial charge in [0.25, 0.3) is 5.69 Å². The van der Waals surface area contributed by atoms with Gasteiger partial charge in [-0.25, -0.2) is 9.67 Å². The van der Waals surface area contributed by atoms with E-state index in [-0.39, 0.29) is 24.0 Å². The first kappa shape index (κ1) is 17.6. The SMILES string of the molecule is CCOC(=O)CCc1cn(-c2ccc([N+](=O)[O-])cn2)nc1C(C)C. The van der Waals surface area contributed by atoms with Crippen molar-refractivity contribution in [3.8, 4) is 5.82 Å². The molecule has 0 aliphatic carbocycles. The van der Waals surface area contributed by atoms with Crippen molar-refractivity contribution in [3.05, 3.63) is 45.9 Å². The maximum absolute atomic E-state index is 11.6. The minimum Gasteiger partial charge on any atom is -0.466 e. The summed E-state index contributed by atoms with van der Waals surface area (Å²) in [6.45, 7) is 6.17. The largest absolute Gasteiger partial charge is 0.466 e. The van der Waals surface area contributed by atoms with Gasteiger partial charge in [0.2, 0.25) is 0 Å². The first-order chi connectivity index (χ1) is 11.4. The molecule has 0 fully saturated rings. The summed E-state index contributed by atoms with van der Waals surface area (Å²) in [4.78, 5) is 25.8. The molecule has 0 bridgehead atoms. The molecule has 8 nitrogen and oxygen atoms in total. The zero-order valence-electron chi connectivity index (χ0n) is 13.9. The number of hydrogen-bond acceptors (Lipinski definition) is 6. The van der Waals surface area contributed by atoms with E-state index in [1.165, 1.54) is 12.3 Å². The highest BCUT2D eigenvalue weighted by molar-refractivity contribution is 5.69. The van der Waals surface area contributed by atoms with Crippen LogP contribution in [0.3, 0.4) is 0 Å². The van der Waals surface area contributed by atoms with Crippen molar-refractivity contribution >= 4 is 11.7 Å². The summed E-state index contributed by atoms with van der Waals surface area (Å²) >= 11 is 0. The predicted molar refractivity (Wildman–Crippen MR) is 87.1 cm³/mol. The fourth-order valence-corrected chi connectivity index (χ4v) is 2.31. The predicted octanol–water partition coefficient (Wildman–Crippen LogP) is 2.79. The van der Waals surface area contributed by atoms with E-state index in [2.05, 4.69) is 10.1 Å². The van der Waals surface area contributed by atoms with E-state index in [4.69, 9.17) is 4.74 Å². The highest BCUT2D eigenvalue weighted by Crippen LogP contribution is 2.21. The van der Waals surface area contributed by atoms with Crippen LogP contribution in [-0.4, -0.2) is 32.3 Å². The topological polar surface area (TPSA) is 100 Å². The number of esters is 1. The van der Waals surface area contributed by atoms with E-state index in [0.29, 0.717) is 18.8 Å². The molecule has 128 valence electrons. The number of aromatic nitrogens is 3. The smallest absolute Gasteiger partial charge is 0.306 e. The number of ether oxygens (including phenoxy) is 1. The van der Waals surface area contributed by atoms with Crippen molar-refractivity contribution in [2.24, 2.45) is 0 Å². The quantitative estimate of drug-likeness (QED) is 0.439. The second kappa shape index (κ2) is 7.67. The summed E-state index contributed by atoms with van der Waals surface area (Å²) < 4.78 is 6.53. The fourth-order valence-electron chi connectivity index (χ4n) is 2.31. The molecule has 24 heavy (non-hydrogen) atoms. The number of rotatable bonds is 7. The molecule has 0 amide bonds. The maximum Gasteiger partial charge on any atom is 0.306 e. The summed E-state index contributed by atoms with van der Waals surface area (Å²) in [5.74, 6) is 0.430. The van der Waals surface area contributed by atoms with Gasteiger partial charge in [-0.05, 0) is 30.9 Å². The number of hydrogen-bond donors (Lipinski definition) is 0. The number of nitro groups is 1. The molecule has 2 aromatic rings. The summed E-state index contributed by atoms with van der Waals surface area (Å²) in [5, 5.41) is 15.2. The third kappa shape index (κ3) is 4.15. The molecule has 8 heteroatoms. The molecule has 0 saturated heterocycles.